The van der Waals surface area contributed by atoms with Crippen molar-refractivity contribution in [1.82, 2.24) is 0 Å². The Morgan fingerprint density at radius 3 is 2.03 bits per heavy atom. The number of anilines is 1. The minimum absolute atomic E-state index is 0.0692. The van der Waals surface area contributed by atoms with Gasteiger partial charge in [0.15, 0.2) is 5.78 Å². The Labute approximate surface area is 234 Å². The van der Waals surface area contributed by atoms with Gasteiger partial charge in [-0.1, -0.05) is 65.7 Å². The minimum Gasteiger partial charge on any atom is -0.480 e. The molecule has 0 bridgehead atoms. The van der Waals surface area contributed by atoms with Gasteiger partial charge in [0.25, 0.3) is 10.0 Å². The van der Waals surface area contributed by atoms with Gasteiger partial charge in [-0.25, -0.2) is 13.2 Å². The number of aliphatic carboxylic acids is 1. The van der Waals surface area contributed by atoms with E-state index in [1.165, 1.54) is 36.4 Å². The van der Waals surface area contributed by atoms with Gasteiger partial charge in [-0.3, -0.25) is 13.9 Å². The summed E-state index contributed by atoms with van der Waals surface area (Å²) in [5.41, 5.74) is 1.35. The fraction of sp³-hybridized carbons (Fsp3) is 0.107. The number of Topliss-reactive ketones (excluding diaryl/α,β-unsaturated/α-hetero) is 1. The van der Waals surface area contributed by atoms with Crippen LogP contribution in [0.25, 0.3) is 10.8 Å². The molecule has 4 rings (SSSR count). The van der Waals surface area contributed by atoms with Crippen LogP contribution < -0.4 is 4.31 Å². The van der Waals surface area contributed by atoms with Crippen molar-refractivity contribution < 1.29 is 33.0 Å². The summed E-state index contributed by atoms with van der Waals surface area (Å²) in [5.74, 6) is -2.64. The van der Waals surface area contributed by atoms with E-state index < -0.39 is 28.5 Å². The highest BCUT2D eigenvalue weighted by atomic mass is 35.5. The standard InChI is InChI=1S/C28H21Cl2NO7S/c29-19-13-20(30)15-21(14-19)39(37,38)31(16-27(33)34)25-6-2-3-22-23(25)4-1-5-24(22)26(32)12-9-17-7-10-18(11-8-17)28(35)36/h1-8,10-11,13-15H,9,12,16H2,(H,33,34)(H,35,36). The van der Waals surface area contributed by atoms with Crippen molar-refractivity contribution in [2.75, 3.05) is 10.8 Å². The molecular weight excluding hydrogens is 565 g/mol. The summed E-state index contributed by atoms with van der Waals surface area (Å²) in [5, 5.41) is 19.6. The third-order valence-corrected chi connectivity index (χ3v) is 8.19. The van der Waals surface area contributed by atoms with E-state index >= 15 is 0 Å². The second kappa shape index (κ2) is 11.4. The van der Waals surface area contributed by atoms with Gasteiger partial charge in [0, 0.05) is 27.4 Å². The van der Waals surface area contributed by atoms with Gasteiger partial charge in [0.05, 0.1) is 16.1 Å². The summed E-state index contributed by atoms with van der Waals surface area (Å²) in [6.07, 6.45) is 0.484. The zero-order chi connectivity index (χ0) is 28.3. The monoisotopic (exact) mass is 585 g/mol. The third kappa shape index (κ3) is 6.22. The molecule has 0 heterocycles. The van der Waals surface area contributed by atoms with E-state index in [0.717, 1.165) is 9.87 Å². The minimum atomic E-state index is -4.42. The smallest absolute Gasteiger partial charge is 0.335 e. The molecule has 8 nitrogen and oxygen atoms in total. The highest BCUT2D eigenvalue weighted by Gasteiger charge is 2.29. The second-order valence-corrected chi connectivity index (χ2v) is 11.3. The van der Waals surface area contributed by atoms with Crippen LogP contribution in [-0.2, 0) is 21.2 Å². The number of carbonyl (C=O) groups excluding carboxylic acids is 1. The summed E-state index contributed by atoms with van der Waals surface area (Å²) in [7, 11) is -4.42. The Kier molecular flexibility index (Phi) is 8.25. The molecule has 2 N–H and O–H groups in total. The number of nitrogens with zero attached hydrogens (tertiary/aromatic N) is 1. The lowest BCUT2D eigenvalue weighted by Crippen LogP contribution is -2.36. The Morgan fingerprint density at radius 2 is 1.41 bits per heavy atom. The molecule has 0 saturated carbocycles. The predicted octanol–water partition coefficient (Wildman–Crippen LogP) is 5.94. The number of halogens is 2. The van der Waals surface area contributed by atoms with Crippen LogP contribution in [0.1, 0.15) is 32.7 Å². The number of hydrogen-bond acceptors (Lipinski definition) is 5. The maximum Gasteiger partial charge on any atom is 0.335 e. The van der Waals surface area contributed by atoms with Gasteiger partial charge in [-0.05, 0) is 53.8 Å². The third-order valence-electron chi connectivity index (χ3n) is 6.01. The molecule has 0 aliphatic rings. The van der Waals surface area contributed by atoms with E-state index in [0.29, 0.717) is 22.8 Å². The molecule has 0 saturated heterocycles. The zero-order valence-electron chi connectivity index (χ0n) is 20.2. The number of aryl methyl sites for hydroxylation is 1. The number of rotatable bonds is 10. The number of sulfonamides is 1. The number of carbonyl (C=O) groups is 3. The van der Waals surface area contributed by atoms with Crippen molar-refractivity contribution in [2.45, 2.75) is 17.7 Å². The first-order valence-electron chi connectivity index (χ1n) is 11.5. The maximum atomic E-state index is 13.6. The number of hydrogen-bond donors (Lipinski definition) is 2. The summed E-state index contributed by atoms with van der Waals surface area (Å²) < 4.78 is 28.0. The van der Waals surface area contributed by atoms with Crippen molar-refractivity contribution in [3.05, 3.63) is 106 Å². The number of benzene rings is 4. The van der Waals surface area contributed by atoms with Crippen LogP contribution >= 0.6 is 23.2 Å². The van der Waals surface area contributed by atoms with Crippen molar-refractivity contribution in [3.63, 3.8) is 0 Å². The number of ketones is 1. The van der Waals surface area contributed by atoms with Crippen LogP contribution in [0.15, 0.2) is 83.8 Å². The molecule has 4 aromatic rings. The summed E-state index contributed by atoms with van der Waals surface area (Å²) >= 11 is 12.0. The first-order chi connectivity index (χ1) is 18.5. The Morgan fingerprint density at radius 1 is 0.795 bits per heavy atom. The molecule has 0 fully saturated rings. The quantitative estimate of drug-likeness (QED) is 0.220. The van der Waals surface area contributed by atoms with E-state index in [-0.39, 0.29) is 38.4 Å². The van der Waals surface area contributed by atoms with Crippen LogP contribution in [0, 0.1) is 0 Å². The average molecular weight is 586 g/mol. The normalized spacial score (nSPS) is 11.3. The molecule has 39 heavy (non-hydrogen) atoms. The summed E-state index contributed by atoms with van der Waals surface area (Å²) in [6, 6.07) is 19.5. The average Bonchev–Trinajstić information content (AvgIpc) is 2.89. The molecular formula is C28H21Cl2NO7S. The number of aromatic carboxylic acids is 1. The summed E-state index contributed by atoms with van der Waals surface area (Å²) in [4.78, 5) is 35.7. The van der Waals surface area contributed by atoms with Gasteiger partial charge >= 0.3 is 11.9 Å². The van der Waals surface area contributed by atoms with Gasteiger partial charge in [0.1, 0.15) is 6.54 Å². The van der Waals surface area contributed by atoms with Crippen LogP contribution in [0.5, 0.6) is 0 Å². The molecule has 4 aromatic carbocycles. The molecule has 0 amide bonds. The molecule has 0 aliphatic heterocycles. The number of carboxylic acid groups (broad SMARTS) is 2. The molecule has 0 spiro atoms. The second-order valence-electron chi connectivity index (χ2n) is 8.61. The molecule has 0 unspecified atom stereocenters. The number of fused-ring (bicyclic) bond motifs is 1. The van der Waals surface area contributed by atoms with Gasteiger partial charge in [0.2, 0.25) is 0 Å². The molecule has 200 valence electrons. The zero-order valence-corrected chi connectivity index (χ0v) is 22.5. The molecule has 0 atom stereocenters. The predicted molar refractivity (Wildman–Crippen MR) is 149 cm³/mol. The van der Waals surface area contributed by atoms with Crippen LogP contribution in [0.3, 0.4) is 0 Å². The SMILES string of the molecule is O=C(O)CN(c1cccc2c(C(=O)CCc3ccc(C(=O)O)cc3)cccc12)S(=O)(=O)c1cc(Cl)cc(Cl)c1. The highest BCUT2D eigenvalue weighted by molar-refractivity contribution is 7.93. The first kappa shape index (κ1) is 28.1. The first-order valence-corrected chi connectivity index (χ1v) is 13.7. The lowest BCUT2D eigenvalue weighted by Gasteiger charge is -2.25. The van der Waals surface area contributed by atoms with Crippen molar-refractivity contribution in [3.8, 4) is 0 Å². The Balaban J connectivity index is 1.72. The van der Waals surface area contributed by atoms with Crippen LogP contribution in [0.4, 0.5) is 5.69 Å². The highest BCUT2D eigenvalue weighted by Crippen LogP contribution is 2.34. The van der Waals surface area contributed by atoms with Gasteiger partial charge in [-0.2, -0.15) is 0 Å². The van der Waals surface area contributed by atoms with Gasteiger partial charge < -0.3 is 10.2 Å². The van der Waals surface area contributed by atoms with Gasteiger partial charge in [-0.15, -0.1) is 0 Å². The van der Waals surface area contributed by atoms with E-state index in [2.05, 4.69) is 0 Å². The largest absolute Gasteiger partial charge is 0.480 e. The van der Waals surface area contributed by atoms with E-state index in [9.17, 15) is 27.9 Å². The summed E-state index contributed by atoms with van der Waals surface area (Å²) in [6.45, 7) is -0.879. The van der Waals surface area contributed by atoms with Crippen molar-refractivity contribution >= 4 is 67.4 Å². The molecule has 11 heteroatoms. The Bertz CT molecular complexity index is 1680. The fourth-order valence-corrected chi connectivity index (χ4v) is 6.35. The maximum absolute atomic E-state index is 13.6. The van der Waals surface area contributed by atoms with Crippen molar-refractivity contribution in [1.29, 1.82) is 0 Å². The van der Waals surface area contributed by atoms with Crippen LogP contribution in [-0.4, -0.2) is 42.9 Å². The van der Waals surface area contributed by atoms with E-state index in [4.69, 9.17) is 28.3 Å². The lowest BCUT2D eigenvalue weighted by molar-refractivity contribution is -0.135. The number of carboxylic acids is 2. The lowest BCUT2D eigenvalue weighted by atomic mass is 9.96. The molecule has 0 radical (unpaired) electrons. The van der Waals surface area contributed by atoms with Crippen LogP contribution in [0.2, 0.25) is 10.0 Å². The fourth-order valence-electron chi connectivity index (χ4n) is 4.19. The molecule has 0 aromatic heterocycles. The van der Waals surface area contributed by atoms with E-state index in [1.54, 1.807) is 42.5 Å². The molecule has 0 aliphatic carbocycles. The Hall–Kier alpha value is -3.92. The van der Waals surface area contributed by atoms with Crippen molar-refractivity contribution in [2.24, 2.45) is 0 Å². The topological polar surface area (TPSA) is 129 Å². The van der Waals surface area contributed by atoms with E-state index in [1.807, 2.05) is 0 Å².